The Hall–Kier alpha value is -0.220. The Morgan fingerprint density at radius 2 is 2.24 bits per heavy atom. The fourth-order valence-electron chi connectivity index (χ4n) is 3.16. The van der Waals surface area contributed by atoms with Gasteiger partial charge >= 0.3 is 0 Å². The first-order chi connectivity index (χ1) is 8.20. The molecule has 0 aromatic rings. The van der Waals surface area contributed by atoms with Crippen LogP contribution in [0.4, 0.5) is 0 Å². The molecule has 17 heavy (non-hydrogen) atoms. The van der Waals surface area contributed by atoms with E-state index in [0.29, 0.717) is 6.04 Å². The van der Waals surface area contributed by atoms with Crippen LogP contribution >= 0.6 is 11.8 Å². The average molecular weight is 256 g/mol. The van der Waals surface area contributed by atoms with Gasteiger partial charge in [0, 0.05) is 17.8 Å². The van der Waals surface area contributed by atoms with E-state index in [4.69, 9.17) is 0 Å². The smallest absolute Gasteiger partial charge is 0.237 e. The van der Waals surface area contributed by atoms with E-state index in [2.05, 4.69) is 23.8 Å². The highest BCUT2D eigenvalue weighted by Crippen LogP contribution is 2.33. The predicted octanol–water partition coefficient (Wildman–Crippen LogP) is 1.77. The van der Waals surface area contributed by atoms with Gasteiger partial charge in [0.05, 0.1) is 6.04 Å². The number of hydrogen-bond acceptors (Lipinski definition) is 3. The summed E-state index contributed by atoms with van der Waals surface area (Å²) in [5.74, 6) is 1.95. The van der Waals surface area contributed by atoms with E-state index in [0.717, 1.165) is 18.1 Å². The van der Waals surface area contributed by atoms with E-state index in [-0.39, 0.29) is 18.0 Å². The van der Waals surface area contributed by atoms with Gasteiger partial charge in [0.2, 0.25) is 5.91 Å². The minimum atomic E-state index is 0.0624. The molecule has 1 saturated heterocycles. The molecule has 98 valence electrons. The Morgan fingerprint density at radius 3 is 2.94 bits per heavy atom. The van der Waals surface area contributed by atoms with Crippen LogP contribution in [0.5, 0.6) is 0 Å². The van der Waals surface area contributed by atoms with Crippen LogP contribution in [0, 0.1) is 5.92 Å². The Kier molecular flexibility index (Phi) is 4.74. The second-order valence-electron chi connectivity index (χ2n) is 5.47. The summed E-state index contributed by atoms with van der Waals surface area (Å²) < 4.78 is 0. The number of thioether (sulfide) groups is 1. The maximum Gasteiger partial charge on any atom is 0.237 e. The Labute approximate surface area is 108 Å². The van der Waals surface area contributed by atoms with E-state index in [1.807, 2.05) is 0 Å². The van der Waals surface area contributed by atoms with Crippen molar-refractivity contribution in [2.75, 3.05) is 12.0 Å². The lowest BCUT2D eigenvalue weighted by atomic mass is 9.85. The molecule has 3 nitrogen and oxygen atoms in total. The third-order valence-electron chi connectivity index (χ3n) is 3.98. The normalized spacial score (nSPS) is 34.1. The van der Waals surface area contributed by atoms with Crippen molar-refractivity contribution in [3.05, 3.63) is 0 Å². The number of carbonyl (C=O) groups is 1. The van der Waals surface area contributed by atoms with Crippen LogP contribution in [0.2, 0.25) is 0 Å². The molecule has 1 aliphatic heterocycles. The molecule has 4 heteroatoms. The van der Waals surface area contributed by atoms with Gasteiger partial charge in [0.25, 0.3) is 0 Å². The summed E-state index contributed by atoms with van der Waals surface area (Å²) in [6.45, 7) is 2.08. The van der Waals surface area contributed by atoms with Gasteiger partial charge in [-0.25, -0.2) is 0 Å². The first-order valence-electron chi connectivity index (χ1n) is 6.76. The van der Waals surface area contributed by atoms with Gasteiger partial charge in [0.15, 0.2) is 0 Å². The lowest BCUT2D eigenvalue weighted by molar-refractivity contribution is -0.123. The molecular weight excluding hydrogens is 232 g/mol. The fourth-order valence-corrected chi connectivity index (χ4v) is 3.74. The van der Waals surface area contributed by atoms with Crippen LogP contribution in [-0.4, -0.2) is 36.0 Å². The zero-order chi connectivity index (χ0) is 12.3. The molecule has 1 aliphatic carbocycles. The van der Waals surface area contributed by atoms with Crippen molar-refractivity contribution in [2.24, 2.45) is 5.92 Å². The van der Waals surface area contributed by atoms with E-state index >= 15 is 0 Å². The Morgan fingerprint density at radius 1 is 1.47 bits per heavy atom. The zero-order valence-electron chi connectivity index (χ0n) is 10.9. The summed E-state index contributed by atoms with van der Waals surface area (Å²) in [4.78, 5) is 12.1. The Balaban J connectivity index is 1.80. The highest BCUT2D eigenvalue weighted by atomic mass is 32.2. The van der Waals surface area contributed by atoms with Crippen molar-refractivity contribution in [2.45, 2.75) is 57.2 Å². The number of fused-ring (bicyclic) bond motifs is 1. The number of nitrogens with one attached hydrogen (secondary N) is 2. The van der Waals surface area contributed by atoms with E-state index in [1.54, 1.807) is 11.8 Å². The SMILES string of the molecule is CSC[C@H](C)NC(=O)[C@@H]1C[C@H]2CCCC[C@@H]2N1. The predicted molar refractivity (Wildman–Crippen MR) is 73.3 cm³/mol. The second kappa shape index (κ2) is 6.10. The van der Waals surface area contributed by atoms with Crippen LogP contribution in [0.1, 0.15) is 39.0 Å². The van der Waals surface area contributed by atoms with Crippen molar-refractivity contribution in [3.8, 4) is 0 Å². The third-order valence-corrected chi connectivity index (χ3v) is 4.82. The molecule has 1 amide bonds. The molecule has 2 rings (SSSR count). The van der Waals surface area contributed by atoms with Gasteiger partial charge < -0.3 is 10.6 Å². The quantitative estimate of drug-likeness (QED) is 0.805. The summed E-state index contributed by atoms with van der Waals surface area (Å²) in [5, 5.41) is 6.63. The van der Waals surface area contributed by atoms with Gasteiger partial charge in [-0.2, -0.15) is 11.8 Å². The molecule has 0 unspecified atom stereocenters. The van der Waals surface area contributed by atoms with Crippen molar-refractivity contribution >= 4 is 17.7 Å². The summed E-state index contributed by atoms with van der Waals surface area (Å²) in [5.41, 5.74) is 0. The summed E-state index contributed by atoms with van der Waals surface area (Å²) >= 11 is 1.78. The van der Waals surface area contributed by atoms with Crippen LogP contribution in [0.25, 0.3) is 0 Å². The minimum absolute atomic E-state index is 0.0624. The number of hydrogen-bond donors (Lipinski definition) is 2. The number of carbonyl (C=O) groups excluding carboxylic acids is 1. The molecule has 1 heterocycles. The Bertz CT molecular complexity index is 258. The van der Waals surface area contributed by atoms with Crippen LogP contribution in [0.3, 0.4) is 0 Å². The zero-order valence-corrected chi connectivity index (χ0v) is 11.7. The van der Waals surface area contributed by atoms with Crippen LogP contribution in [-0.2, 0) is 4.79 Å². The largest absolute Gasteiger partial charge is 0.351 e. The van der Waals surface area contributed by atoms with Gasteiger partial charge in [-0.1, -0.05) is 12.8 Å². The molecule has 0 aromatic carbocycles. The molecular formula is C13H24N2OS. The van der Waals surface area contributed by atoms with E-state index in [1.165, 1.54) is 25.7 Å². The van der Waals surface area contributed by atoms with E-state index < -0.39 is 0 Å². The van der Waals surface area contributed by atoms with Gasteiger partial charge in [0.1, 0.15) is 0 Å². The van der Waals surface area contributed by atoms with Crippen molar-refractivity contribution in [3.63, 3.8) is 0 Å². The second-order valence-corrected chi connectivity index (χ2v) is 6.38. The van der Waals surface area contributed by atoms with Gasteiger partial charge in [-0.3, -0.25) is 4.79 Å². The maximum absolute atomic E-state index is 12.1. The van der Waals surface area contributed by atoms with Crippen molar-refractivity contribution < 1.29 is 4.79 Å². The standard InChI is InChI=1S/C13H24N2OS/c1-9(8-17-2)14-13(16)12-7-10-5-3-4-6-11(10)15-12/h9-12,15H,3-8H2,1-2H3,(H,14,16)/t9-,10+,11-,12-/m0/s1. The first kappa shape index (κ1) is 13.2. The molecule has 0 radical (unpaired) electrons. The fraction of sp³-hybridized carbons (Fsp3) is 0.923. The van der Waals surface area contributed by atoms with Crippen molar-refractivity contribution in [1.82, 2.24) is 10.6 Å². The topological polar surface area (TPSA) is 41.1 Å². The highest BCUT2D eigenvalue weighted by molar-refractivity contribution is 7.98. The summed E-state index contributed by atoms with van der Waals surface area (Å²) in [6, 6.07) is 0.949. The lowest BCUT2D eigenvalue weighted by Gasteiger charge is -2.24. The van der Waals surface area contributed by atoms with Crippen LogP contribution < -0.4 is 10.6 Å². The average Bonchev–Trinajstić information content (AvgIpc) is 2.72. The molecule has 2 aliphatic rings. The minimum Gasteiger partial charge on any atom is -0.351 e. The molecule has 0 bridgehead atoms. The van der Waals surface area contributed by atoms with Gasteiger partial charge in [-0.15, -0.1) is 0 Å². The maximum atomic E-state index is 12.1. The molecule has 1 saturated carbocycles. The molecule has 2 N–H and O–H groups in total. The summed E-state index contributed by atoms with van der Waals surface area (Å²) in [7, 11) is 0. The third kappa shape index (κ3) is 3.38. The first-order valence-corrected chi connectivity index (χ1v) is 8.15. The van der Waals surface area contributed by atoms with E-state index in [9.17, 15) is 4.79 Å². The molecule has 4 atom stereocenters. The molecule has 0 aromatic heterocycles. The lowest BCUT2D eigenvalue weighted by Crippen LogP contribution is -2.46. The van der Waals surface area contributed by atoms with Crippen molar-refractivity contribution in [1.29, 1.82) is 0 Å². The highest BCUT2D eigenvalue weighted by Gasteiger charge is 2.38. The molecule has 2 fully saturated rings. The number of rotatable bonds is 4. The number of amides is 1. The monoisotopic (exact) mass is 256 g/mol. The summed E-state index contributed by atoms with van der Waals surface area (Å²) in [6.07, 6.45) is 8.36. The van der Waals surface area contributed by atoms with Gasteiger partial charge in [-0.05, 0) is 38.4 Å². The van der Waals surface area contributed by atoms with Crippen LogP contribution in [0.15, 0.2) is 0 Å². The molecule has 0 spiro atoms.